The van der Waals surface area contributed by atoms with E-state index in [4.69, 9.17) is 4.74 Å². The largest absolute Gasteiger partial charge is 0.373 e. The van der Waals surface area contributed by atoms with Crippen LogP contribution in [-0.2, 0) is 22.6 Å². The number of thioether (sulfide) groups is 1. The molecule has 0 bridgehead atoms. The first-order valence-corrected chi connectivity index (χ1v) is 9.71. The number of rotatable bonds is 4. The SMILES string of the molecule is O=C([C@@H]1Cc2ccccc2S1)N1CCC(OCc2cccnc2)CC1. The number of carbonyl (C=O) groups excluding carboxylic acids is 1. The minimum atomic E-state index is 0.0465. The average molecular weight is 354 g/mol. The molecule has 0 spiro atoms. The molecule has 2 aromatic rings. The number of hydrogen-bond donors (Lipinski definition) is 0. The second-order valence-corrected chi connectivity index (χ2v) is 7.86. The van der Waals surface area contributed by atoms with Crippen molar-refractivity contribution >= 4 is 17.7 Å². The van der Waals surface area contributed by atoms with Crippen molar-refractivity contribution in [2.45, 2.75) is 42.1 Å². The van der Waals surface area contributed by atoms with Crippen LogP contribution in [0.1, 0.15) is 24.0 Å². The fraction of sp³-hybridized carbons (Fsp3) is 0.400. The highest BCUT2D eigenvalue weighted by Gasteiger charge is 2.33. The molecule has 1 amide bonds. The predicted octanol–water partition coefficient (Wildman–Crippen LogP) is 3.31. The molecule has 0 N–H and O–H groups in total. The van der Waals surface area contributed by atoms with Crippen LogP contribution in [0.15, 0.2) is 53.7 Å². The van der Waals surface area contributed by atoms with Crippen LogP contribution in [0.25, 0.3) is 0 Å². The maximum atomic E-state index is 12.8. The zero-order chi connectivity index (χ0) is 17.1. The van der Waals surface area contributed by atoms with Crippen molar-refractivity contribution in [3.63, 3.8) is 0 Å². The Morgan fingerprint density at radius 2 is 2.04 bits per heavy atom. The van der Waals surface area contributed by atoms with Crippen molar-refractivity contribution in [1.82, 2.24) is 9.88 Å². The van der Waals surface area contributed by atoms with Gasteiger partial charge in [-0.15, -0.1) is 11.8 Å². The number of likely N-dealkylation sites (tertiary alicyclic amines) is 1. The second kappa shape index (κ2) is 7.58. The second-order valence-electron chi connectivity index (χ2n) is 6.62. The molecule has 0 saturated carbocycles. The Hall–Kier alpha value is -1.85. The van der Waals surface area contributed by atoms with E-state index in [0.29, 0.717) is 6.61 Å². The van der Waals surface area contributed by atoms with Gasteiger partial charge in [0.05, 0.1) is 18.0 Å². The van der Waals surface area contributed by atoms with Crippen LogP contribution in [0.3, 0.4) is 0 Å². The Labute approximate surface area is 152 Å². The number of amides is 1. The van der Waals surface area contributed by atoms with Gasteiger partial charge in [-0.2, -0.15) is 0 Å². The number of pyridine rings is 1. The number of carbonyl (C=O) groups is 1. The zero-order valence-electron chi connectivity index (χ0n) is 14.1. The van der Waals surface area contributed by atoms with E-state index in [1.54, 1.807) is 18.0 Å². The predicted molar refractivity (Wildman–Crippen MR) is 98.4 cm³/mol. The smallest absolute Gasteiger partial charge is 0.236 e. The van der Waals surface area contributed by atoms with Gasteiger partial charge < -0.3 is 9.64 Å². The van der Waals surface area contributed by atoms with Gasteiger partial charge >= 0.3 is 0 Å². The van der Waals surface area contributed by atoms with Crippen LogP contribution >= 0.6 is 11.8 Å². The zero-order valence-corrected chi connectivity index (χ0v) is 15.0. The standard InChI is InChI=1S/C20H22N2O2S/c23-20(19-12-16-5-1-2-6-18(16)25-19)22-10-7-17(8-11-22)24-14-15-4-3-9-21-13-15/h1-6,9,13,17,19H,7-8,10-12,14H2/t19-/m0/s1. The summed E-state index contributed by atoms with van der Waals surface area (Å²) in [6, 6.07) is 12.3. The first-order chi connectivity index (χ1) is 12.3. The summed E-state index contributed by atoms with van der Waals surface area (Å²) in [6.45, 7) is 2.19. The van der Waals surface area contributed by atoms with Crippen molar-refractivity contribution in [3.05, 3.63) is 59.9 Å². The van der Waals surface area contributed by atoms with Crippen molar-refractivity contribution in [2.75, 3.05) is 13.1 Å². The van der Waals surface area contributed by atoms with Crippen LogP contribution in [0.5, 0.6) is 0 Å². The molecule has 0 radical (unpaired) electrons. The third-order valence-corrected chi connectivity index (χ3v) is 6.19. The molecule has 0 unspecified atom stereocenters. The normalized spacial score (nSPS) is 20.5. The number of fused-ring (bicyclic) bond motifs is 1. The molecule has 1 aromatic carbocycles. The molecule has 1 atom stereocenters. The monoisotopic (exact) mass is 354 g/mol. The van der Waals surface area contributed by atoms with Crippen molar-refractivity contribution in [3.8, 4) is 0 Å². The van der Waals surface area contributed by atoms with Crippen molar-refractivity contribution in [1.29, 1.82) is 0 Å². The summed E-state index contributed by atoms with van der Waals surface area (Å²) in [6.07, 6.45) is 6.53. The molecule has 1 aromatic heterocycles. The Morgan fingerprint density at radius 1 is 1.20 bits per heavy atom. The summed E-state index contributed by atoms with van der Waals surface area (Å²) in [5.74, 6) is 0.284. The van der Waals surface area contributed by atoms with E-state index in [1.807, 2.05) is 29.3 Å². The molecule has 4 rings (SSSR count). The fourth-order valence-electron chi connectivity index (χ4n) is 3.46. The fourth-order valence-corrected chi connectivity index (χ4v) is 4.74. The maximum absolute atomic E-state index is 12.8. The summed E-state index contributed by atoms with van der Waals surface area (Å²) < 4.78 is 5.99. The molecule has 0 aliphatic carbocycles. The number of nitrogens with zero attached hydrogens (tertiary/aromatic N) is 2. The molecule has 3 heterocycles. The molecule has 1 fully saturated rings. The summed E-state index contributed by atoms with van der Waals surface area (Å²) >= 11 is 1.72. The van der Waals surface area contributed by atoms with E-state index in [0.717, 1.165) is 37.9 Å². The highest BCUT2D eigenvalue weighted by atomic mass is 32.2. The molecule has 25 heavy (non-hydrogen) atoms. The van der Waals surface area contributed by atoms with Crippen LogP contribution in [0, 0.1) is 0 Å². The quantitative estimate of drug-likeness (QED) is 0.845. The van der Waals surface area contributed by atoms with Crippen LogP contribution in [0.4, 0.5) is 0 Å². The van der Waals surface area contributed by atoms with Crippen molar-refractivity contribution < 1.29 is 9.53 Å². The van der Waals surface area contributed by atoms with E-state index in [1.165, 1.54) is 10.5 Å². The number of aromatic nitrogens is 1. The minimum Gasteiger partial charge on any atom is -0.373 e. The molecule has 130 valence electrons. The van der Waals surface area contributed by atoms with Gasteiger partial charge in [-0.25, -0.2) is 0 Å². The Morgan fingerprint density at radius 3 is 2.80 bits per heavy atom. The molecule has 2 aliphatic heterocycles. The maximum Gasteiger partial charge on any atom is 0.236 e. The van der Waals surface area contributed by atoms with E-state index < -0.39 is 0 Å². The number of hydrogen-bond acceptors (Lipinski definition) is 4. The van der Waals surface area contributed by atoms with Gasteiger partial charge in [-0.05, 0) is 42.5 Å². The van der Waals surface area contributed by atoms with Gasteiger partial charge in [0.2, 0.25) is 5.91 Å². The molecule has 1 saturated heterocycles. The first-order valence-electron chi connectivity index (χ1n) is 8.83. The van der Waals surface area contributed by atoms with E-state index in [2.05, 4.69) is 23.2 Å². The summed E-state index contributed by atoms with van der Waals surface area (Å²) in [5.41, 5.74) is 2.40. The van der Waals surface area contributed by atoms with Gasteiger partial charge in [-0.3, -0.25) is 9.78 Å². The summed E-state index contributed by atoms with van der Waals surface area (Å²) in [4.78, 5) is 20.2. The summed E-state index contributed by atoms with van der Waals surface area (Å²) in [7, 11) is 0. The van der Waals surface area contributed by atoms with Crippen LogP contribution < -0.4 is 0 Å². The first kappa shape index (κ1) is 16.6. The lowest BCUT2D eigenvalue weighted by Gasteiger charge is -2.33. The lowest BCUT2D eigenvalue weighted by Crippen LogP contribution is -2.44. The molecular weight excluding hydrogens is 332 g/mol. The lowest BCUT2D eigenvalue weighted by atomic mass is 10.1. The van der Waals surface area contributed by atoms with Crippen LogP contribution in [0.2, 0.25) is 0 Å². The lowest BCUT2D eigenvalue weighted by molar-refractivity contribution is -0.133. The van der Waals surface area contributed by atoms with Gasteiger partial charge in [0, 0.05) is 30.4 Å². The third-order valence-electron chi connectivity index (χ3n) is 4.88. The van der Waals surface area contributed by atoms with E-state index in [9.17, 15) is 4.79 Å². The van der Waals surface area contributed by atoms with Gasteiger partial charge in [0.1, 0.15) is 0 Å². The number of piperidine rings is 1. The van der Waals surface area contributed by atoms with E-state index in [-0.39, 0.29) is 17.3 Å². The Kier molecular flexibility index (Phi) is 5.04. The van der Waals surface area contributed by atoms with Gasteiger partial charge in [-0.1, -0.05) is 24.3 Å². The highest BCUT2D eigenvalue weighted by Crippen LogP contribution is 2.37. The molecule has 4 nitrogen and oxygen atoms in total. The minimum absolute atomic E-state index is 0.0465. The van der Waals surface area contributed by atoms with E-state index >= 15 is 0 Å². The Balaban J connectivity index is 1.25. The average Bonchev–Trinajstić information content (AvgIpc) is 3.11. The topological polar surface area (TPSA) is 42.4 Å². The van der Waals surface area contributed by atoms with Crippen LogP contribution in [-0.4, -0.2) is 40.2 Å². The summed E-state index contributed by atoms with van der Waals surface area (Å²) in [5, 5.41) is 0.0465. The van der Waals surface area contributed by atoms with Gasteiger partial charge in [0.15, 0.2) is 0 Å². The molecule has 5 heteroatoms. The molecule has 2 aliphatic rings. The van der Waals surface area contributed by atoms with Gasteiger partial charge in [0.25, 0.3) is 0 Å². The molecular formula is C20H22N2O2S. The highest BCUT2D eigenvalue weighted by molar-refractivity contribution is 8.01. The number of ether oxygens (including phenoxy) is 1. The Bertz CT molecular complexity index is 704. The van der Waals surface area contributed by atoms with Crippen molar-refractivity contribution in [2.24, 2.45) is 0 Å². The number of benzene rings is 1. The third kappa shape index (κ3) is 3.88.